The number of nitrogens with one attached hydrogen (secondary N) is 1. The van der Waals surface area contributed by atoms with Crippen molar-refractivity contribution in [1.29, 1.82) is 0 Å². The van der Waals surface area contributed by atoms with Crippen LogP contribution in [-0.4, -0.2) is 38.9 Å². The molecule has 1 fully saturated rings. The predicted octanol–water partition coefficient (Wildman–Crippen LogP) is 0.354. The van der Waals surface area contributed by atoms with Gasteiger partial charge in [0.1, 0.15) is 0 Å². The van der Waals surface area contributed by atoms with Gasteiger partial charge in [-0.25, -0.2) is 13.1 Å². The van der Waals surface area contributed by atoms with Crippen molar-refractivity contribution >= 4 is 15.9 Å². The molecule has 0 saturated carbocycles. The standard InChI is InChI=1S/C14H21N3O3S/c1-11-4-5-12(9-15)8-13(11)21(19,20)16-10-14(18)17-6-2-3-7-17/h4-5,8,16H,2-3,6-7,9-10,15H2,1H3. The van der Waals surface area contributed by atoms with E-state index in [9.17, 15) is 13.2 Å². The first kappa shape index (κ1) is 15.9. The lowest BCUT2D eigenvalue weighted by Crippen LogP contribution is -2.38. The molecular formula is C14H21N3O3S. The quantitative estimate of drug-likeness (QED) is 0.821. The second-order valence-corrected chi connectivity index (χ2v) is 6.95. The Kier molecular flexibility index (Phi) is 4.97. The fourth-order valence-electron chi connectivity index (χ4n) is 2.37. The van der Waals surface area contributed by atoms with Gasteiger partial charge in [-0.15, -0.1) is 0 Å². The molecule has 1 aliphatic rings. The number of rotatable bonds is 5. The monoisotopic (exact) mass is 311 g/mol. The van der Waals surface area contributed by atoms with Crippen LogP contribution in [0.2, 0.25) is 0 Å². The summed E-state index contributed by atoms with van der Waals surface area (Å²) in [5, 5.41) is 0. The van der Waals surface area contributed by atoms with Gasteiger partial charge in [-0.1, -0.05) is 12.1 Å². The molecule has 116 valence electrons. The maximum Gasteiger partial charge on any atom is 0.241 e. The number of hydrogen-bond donors (Lipinski definition) is 2. The highest BCUT2D eigenvalue weighted by Gasteiger charge is 2.22. The number of nitrogens with two attached hydrogens (primary N) is 1. The average molecular weight is 311 g/mol. The number of aryl methyl sites for hydroxylation is 1. The lowest BCUT2D eigenvalue weighted by Gasteiger charge is -2.16. The zero-order valence-electron chi connectivity index (χ0n) is 12.1. The van der Waals surface area contributed by atoms with Gasteiger partial charge >= 0.3 is 0 Å². The summed E-state index contributed by atoms with van der Waals surface area (Å²) in [6, 6.07) is 5.07. The lowest BCUT2D eigenvalue weighted by molar-refractivity contribution is -0.128. The molecule has 3 N–H and O–H groups in total. The van der Waals surface area contributed by atoms with Gasteiger partial charge in [0.05, 0.1) is 11.4 Å². The molecule has 0 spiro atoms. The van der Waals surface area contributed by atoms with Gasteiger partial charge in [0.15, 0.2) is 0 Å². The number of nitrogens with zero attached hydrogens (tertiary/aromatic N) is 1. The second kappa shape index (κ2) is 6.55. The number of carbonyl (C=O) groups is 1. The number of amides is 1. The van der Waals surface area contributed by atoms with Crippen molar-refractivity contribution in [2.24, 2.45) is 5.73 Å². The van der Waals surface area contributed by atoms with Crippen LogP contribution in [0.4, 0.5) is 0 Å². The van der Waals surface area contributed by atoms with E-state index in [1.807, 2.05) is 0 Å². The Bertz CT molecular complexity index is 622. The topological polar surface area (TPSA) is 92.5 Å². The van der Waals surface area contributed by atoms with Crippen LogP contribution in [0.25, 0.3) is 0 Å². The molecule has 7 heteroatoms. The van der Waals surface area contributed by atoms with Crippen molar-refractivity contribution in [3.63, 3.8) is 0 Å². The summed E-state index contributed by atoms with van der Waals surface area (Å²) >= 11 is 0. The van der Waals surface area contributed by atoms with E-state index in [2.05, 4.69) is 4.72 Å². The molecule has 0 radical (unpaired) electrons. The molecule has 1 amide bonds. The van der Waals surface area contributed by atoms with Gasteiger partial charge < -0.3 is 10.6 Å². The number of likely N-dealkylation sites (tertiary alicyclic amines) is 1. The third-order valence-electron chi connectivity index (χ3n) is 3.65. The number of hydrogen-bond acceptors (Lipinski definition) is 4. The summed E-state index contributed by atoms with van der Waals surface area (Å²) in [6.07, 6.45) is 1.96. The molecular weight excluding hydrogens is 290 g/mol. The molecule has 1 aromatic carbocycles. The van der Waals surface area contributed by atoms with Crippen LogP contribution in [0.3, 0.4) is 0 Å². The highest BCUT2D eigenvalue weighted by Crippen LogP contribution is 2.17. The fraction of sp³-hybridized carbons (Fsp3) is 0.500. The van der Waals surface area contributed by atoms with Gasteiger partial charge in [0.25, 0.3) is 0 Å². The van der Waals surface area contributed by atoms with E-state index in [1.165, 1.54) is 0 Å². The van der Waals surface area contributed by atoms with Crippen LogP contribution in [0.15, 0.2) is 23.1 Å². The smallest absolute Gasteiger partial charge is 0.241 e. The molecule has 1 aromatic rings. The van der Waals surface area contributed by atoms with Crippen molar-refractivity contribution in [3.8, 4) is 0 Å². The first-order chi connectivity index (χ1) is 9.94. The molecule has 1 saturated heterocycles. The normalized spacial score (nSPS) is 15.4. The molecule has 1 aliphatic heterocycles. The fourth-order valence-corrected chi connectivity index (χ4v) is 3.64. The molecule has 0 atom stereocenters. The molecule has 0 aromatic heterocycles. The zero-order valence-corrected chi connectivity index (χ0v) is 12.9. The van der Waals surface area contributed by atoms with Gasteiger partial charge in [-0.3, -0.25) is 4.79 Å². The van der Waals surface area contributed by atoms with E-state index >= 15 is 0 Å². The Balaban J connectivity index is 2.09. The van der Waals surface area contributed by atoms with Crippen LogP contribution >= 0.6 is 0 Å². The van der Waals surface area contributed by atoms with E-state index in [0.717, 1.165) is 18.4 Å². The summed E-state index contributed by atoms with van der Waals surface area (Å²) in [7, 11) is -3.70. The van der Waals surface area contributed by atoms with E-state index in [0.29, 0.717) is 18.7 Å². The maximum atomic E-state index is 12.3. The molecule has 0 bridgehead atoms. The van der Waals surface area contributed by atoms with Crippen LogP contribution < -0.4 is 10.5 Å². The summed E-state index contributed by atoms with van der Waals surface area (Å²) in [5.41, 5.74) is 6.92. The van der Waals surface area contributed by atoms with E-state index in [1.54, 1.807) is 30.0 Å². The Hall–Kier alpha value is -1.44. The zero-order chi connectivity index (χ0) is 15.5. The highest BCUT2D eigenvalue weighted by molar-refractivity contribution is 7.89. The minimum absolute atomic E-state index is 0.177. The first-order valence-corrected chi connectivity index (χ1v) is 8.49. The third kappa shape index (κ3) is 3.81. The second-order valence-electron chi connectivity index (χ2n) is 5.22. The summed E-state index contributed by atoms with van der Waals surface area (Å²) in [6.45, 7) is 3.21. The van der Waals surface area contributed by atoms with E-state index in [-0.39, 0.29) is 23.9 Å². The number of benzene rings is 1. The summed E-state index contributed by atoms with van der Waals surface area (Å²) in [4.78, 5) is 13.8. The van der Waals surface area contributed by atoms with Crippen molar-refractivity contribution in [2.75, 3.05) is 19.6 Å². The van der Waals surface area contributed by atoms with Crippen LogP contribution in [0.5, 0.6) is 0 Å². The molecule has 0 aliphatic carbocycles. The number of carbonyl (C=O) groups excluding carboxylic acids is 1. The van der Waals surface area contributed by atoms with Crippen molar-refractivity contribution < 1.29 is 13.2 Å². The molecule has 6 nitrogen and oxygen atoms in total. The largest absolute Gasteiger partial charge is 0.342 e. The van der Waals surface area contributed by atoms with Gasteiger partial charge in [0.2, 0.25) is 15.9 Å². The van der Waals surface area contributed by atoms with Gasteiger partial charge in [0, 0.05) is 19.6 Å². The Labute approximate surface area is 125 Å². The minimum atomic E-state index is -3.70. The Morgan fingerprint density at radius 2 is 2.00 bits per heavy atom. The molecule has 2 rings (SSSR count). The van der Waals surface area contributed by atoms with Gasteiger partial charge in [-0.2, -0.15) is 0 Å². The number of sulfonamides is 1. The maximum absolute atomic E-state index is 12.3. The van der Waals surface area contributed by atoms with Crippen LogP contribution in [-0.2, 0) is 21.4 Å². The van der Waals surface area contributed by atoms with Crippen molar-refractivity contribution in [2.45, 2.75) is 31.2 Å². The minimum Gasteiger partial charge on any atom is -0.342 e. The lowest BCUT2D eigenvalue weighted by atomic mass is 10.1. The molecule has 21 heavy (non-hydrogen) atoms. The van der Waals surface area contributed by atoms with Crippen LogP contribution in [0.1, 0.15) is 24.0 Å². The van der Waals surface area contributed by atoms with E-state index in [4.69, 9.17) is 5.73 Å². The van der Waals surface area contributed by atoms with E-state index < -0.39 is 10.0 Å². The highest BCUT2D eigenvalue weighted by atomic mass is 32.2. The average Bonchev–Trinajstić information content (AvgIpc) is 2.99. The van der Waals surface area contributed by atoms with Crippen LogP contribution in [0, 0.1) is 6.92 Å². The Morgan fingerprint density at radius 3 is 2.62 bits per heavy atom. The predicted molar refractivity (Wildman–Crippen MR) is 80.1 cm³/mol. The molecule has 1 heterocycles. The Morgan fingerprint density at radius 1 is 1.33 bits per heavy atom. The van der Waals surface area contributed by atoms with Crippen molar-refractivity contribution in [3.05, 3.63) is 29.3 Å². The summed E-state index contributed by atoms with van der Waals surface area (Å²) in [5.74, 6) is -0.177. The SMILES string of the molecule is Cc1ccc(CN)cc1S(=O)(=O)NCC(=O)N1CCCC1. The molecule has 0 unspecified atom stereocenters. The van der Waals surface area contributed by atoms with Crippen molar-refractivity contribution in [1.82, 2.24) is 9.62 Å². The third-order valence-corrected chi connectivity index (χ3v) is 5.19. The van der Waals surface area contributed by atoms with Gasteiger partial charge in [-0.05, 0) is 37.0 Å². The first-order valence-electron chi connectivity index (χ1n) is 7.01. The summed E-state index contributed by atoms with van der Waals surface area (Å²) < 4.78 is 27.0.